The van der Waals surface area contributed by atoms with Gasteiger partial charge in [-0.2, -0.15) is 11.8 Å². The van der Waals surface area contributed by atoms with Crippen LogP contribution in [-0.4, -0.2) is 42.1 Å². The summed E-state index contributed by atoms with van der Waals surface area (Å²) in [6, 6.07) is 8.78. The molecule has 2 rings (SSSR count). The van der Waals surface area contributed by atoms with Crippen molar-refractivity contribution in [3.8, 4) is 5.75 Å². The molecule has 0 radical (unpaired) electrons. The van der Waals surface area contributed by atoms with Crippen molar-refractivity contribution < 1.29 is 4.74 Å². The van der Waals surface area contributed by atoms with Gasteiger partial charge in [0.15, 0.2) is 0 Å². The molecule has 0 aliphatic carbocycles. The number of thioether (sulfide) groups is 1. The minimum absolute atomic E-state index is 0.216. The van der Waals surface area contributed by atoms with Gasteiger partial charge in [0.05, 0.1) is 6.10 Å². The molecule has 0 bridgehead atoms. The van der Waals surface area contributed by atoms with Crippen LogP contribution in [0, 0.1) is 0 Å². The molecule has 3 nitrogen and oxygen atoms in total. The summed E-state index contributed by atoms with van der Waals surface area (Å²) in [5.74, 6) is 3.42. The van der Waals surface area contributed by atoms with E-state index in [9.17, 15) is 0 Å². The molecule has 2 N–H and O–H groups in total. The summed E-state index contributed by atoms with van der Waals surface area (Å²) in [5.41, 5.74) is 7.33. The topological polar surface area (TPSA) is 38.5 Å². The Hall–Kier alpha value is -0.710. The number of hydrogen-bond donors (Lipinski definition) is 1. The highest BCUT2D eigenvalue weighted by Crippen LogP contribution is 2.25. The molecule has 0 amide bonds. The lowest BCUT2D eigenvalue weighted by atomic mass is 10.0. The fourth-order valence-electron chi connectivity index (χ4n) is 2.61. The average molecular weight is 294 g/mol. The summed E-state index contributed by atoms with van der Waals surface area (Å²) in [7, 11) is 0. The maximum Gasteiger partial charge on any atom is 0.119 e. The molecular formula is C16H26N2OS. The third-order valence-corrected chi connectivity index (χ3v) is 4.61. The number of benzene rings is 1. The minimum Gasteiger partial charge on any atom is -0.491 e. The van der Waals surface area contributed by atoms with Crippen LogP contribution in [-0.2, 0) is 0 Å². The Labute approximate surface area is 126 Å². The summed E-state index contributed by atoms with van der Waals surface area (Å²) in [4.78, 5) is 2.53. The molecule has 4 heteroatoms. The van der Waals surface area contributed by atoms with Crippen molar-refractivity contribution in [1.82, 2.24) is 4.90 Å². The molecular weight excluding hydrogens is 268 g/mol. The van der Waals surface area contributed by atoms with Crippen LogP contribution >= 0.6 is 11.8 Å². The van der Waals surface area contributed by atoms with E-state index in [1.54, 1.807) is 0 Å². The van der Waals surface area contributed by atoms with Crippen molar-refractivity contribution in [1.29, 1.82) is 0 Å². The standard InChI is InChI=1S/C16H26N2OS/c1-13(2)19-15-6-4-14(5-7-15)16(12-17)18-8-3-10-20-11-9-18/h4-7,13,16H,3,8-12,17H2,1-2H3. The van der Waals surface area contributed by atoms with E-state index in [0.717, 1.165) is 18.8 Å². The monoisotopic (exact) mass is 294 g/mol. The molecule has 1 fully saturated rings. The van der Waals surface area contributed by atoms with E-state index in [4.69, 9.17) is 10.5 Å². The molecule has 1 atom stereocenters. The predicted molar refractivity (Wildman–Crippen MR) is 87.5 cm³/mol. The van der Waals surface area contributed by atoms with Crippen molar-refractivity contribution >= 4 is 11.8 Å². The molecule has 0 saturated carbocycles. The molecule has 1 heterocycles. The Morgan fingerprint density at radius 2 is 1.95 bits per heavy atom. The molecule has 0 aromatic heterocycles. The number of nitrogens with zero attached hydrogens (tertiary/aromatic N) is 1. The number of nitrogens with two attached hydrogens (primary N) is 1. The first-order chi connectivity index (χ1) is 9.70. The van der Waals surface area contributed by atoms with E-state index in [1.807, 2.05) is 25.6 Å². The van der Waals surface area contributed by atoms with Crippen LogP contribution in [0.25, 0.3) is 0 Å². The maximum absolute atomic E-state index is 6.03. The lowest BCUT2D eigenvalue weighted by molar-refractivity contribution is 0.217. The third kappa shape index (κ3) is 4.40. The fourth-order valence-corrected chi connectivity index (χ4v) is 3.51. The lowest BCUT2D eigenvalue weighted by Crippen LogP contribution is -2.35. The molecule has 20 heavy (non-hydrogen) atoms. The van der Waals surface area contributed by atoms with Crippen molar-refractivity contribution in [3.05, 3.63) is 29.8 Å². The van der Waals surface area contributed by atoms with Gasteiger partial charge in [-0.15, -0.1) is 0 Å². The molecule has 1 aromatic rings. The number of rotatable bonds is 5. The van der Waals surface area contributed by atoms with E-state index in [0.29, 0.717) is 12.6 Å². The molecule has 1 saturated heterocycles. The number of ether oxygens (including phenoxy) is 1. The SMILES string of the molecule is CC(C)Oc1ccc(C(CN)N2CCCSCC2)cc1. The van der Waals surface area contributed by atoms with Gasteiger partial charge in [0.2, 0.25) is 0 Å². The van der Waals surface area contributed by atoms with Gasteiger partial charge < -0.3 is 10.5 Å². The van der Waals surface area contributed by atoms with Crippen LogP contribution in [0.4, 0.5) is 0 Å². The Morgan fingerprint density at radius 3 is 2.60 bits per heavy atom. The first-order valence-electron chi connectivity index (χ1n) is 7.49. The first kappa shape index (κ1) is 15.7. The molecule has 1 aliphatic heterocycles. The minimum atomic E-state index is 0.216. The molecule has 0 spiro atoms. The average Bonchev–Trinajstić information content (AvgIpc) is 2.70. The molecule has 1 aliphatic rings. The van der Waals surface area contributed by atoms with Crippen LogP contribution in [0.1, 0.15) is 31.9 Å². The van der Waals surface area contributed by atoms with Gasteiger partial charge in [-0.05, 0) is 50.3 Å². The van der Waals surface area contributed by atoms with Gasteiger partial charge in [0.1, 0.15) is 5.75 Å². The predicted octanol–water partition coefficient (Wildman–Crippen LogP) is 2.91. The summed E-state index contributed by atoms with van der Waals surface area (Å²) in [5, 5.41) is 0. The zero-order valence-electron chi connectivity index (χ0n) is 12.5. The van der Waals surface area contributed by atoms with E-state index in [2.05, 4.69) is 29.2 Å². The second-order valence-electron chi connectivity index (χ2n) is 5.49. The third-order valence-electron chi connectivity index (χ3n) is 3.56. The van der Waals surface area contributed by atoms with Gasteiger partial charge in [-0.25, -0.2) is 0 Å². The highest BCUT2D eigenvalue weighted by molar-refractivity contribution is 7.99. The Balaban J connectivity index is 2.06. The summed E-state index contributed by atoms with van der Waals surface area (Å²) >= 11 is 2.05. The van der Waals surface area contributed by atoms with Crippen molar-refractivity contribution in [3.63, 3.8) is 0 Å². The first-order valence-corrected chi connectivity index (χ1v) is 8.64. The van der Waals surface area contributed by atoms with Crippen LogP contribution in [0.5, 0.6) is 5.75 Å². The quantitative estimate of drug-likeness (QED) is 0.906. The highest BCUT2D eigenvalue weighted by Gasteiger charge is 2.20. The molecule has 1 unspecified atom stereocenters. The molecule has 1 aromatic carbocycles. The summed E-state index contributed by atoms with van der Waals surface area (Å²) in [6.45, 7) is 7.06. The summed E-state index contributed by atoms with van der Waals surface area (Å²) in [6.07, 6.45) is 1.48. The van der Waals surface area contributed by atoms with Gasteiger partial charge in [0, 0.05) is 24.9 Å². The zero-order chi connectivity index (χ0) is 14.4. The number of hydrogen-bond acceptors (Lipinski definition) is 4. The normalized spacial score (nSPS) is 18.8. The summed E-state index contributed by atoms with van der Waals surface area (Å²) < 4.78 is 5.70. The lowest BCUT2D eigenvalue weighted by Gasteiger charge is -2.30. The van der Waals surface area contributed by atoms with Gasteiger partial charge in [-0.3, -0.25) is 4.90 Å². The van der Waals surface area contributed by atoms with Crippen molar-refractivity contribution in [2.75, 3.05) is 31.1 Å². The maximum atomic E-state index is 6.03. The Kier molecular flexibility index (Phi) is 6.20. The largest absolute Gasteiger partial charge is 0.491 e. The van der Waals surface area contributed by atoms with E-state index >= 15 is 0 Å². The molecule has 112 valence electrons. The highest BCUT2D eigenvalue weighted by atomic mass is 32.2. The second kappa shape index (κ2) is 7.91. The zero-order valence-corrected chi connectivity index (χ0v) is 13.4. The Morgan fingerprint density at radius 1 is 1.20 bits per heavy atom. The van der Waals surface area contributed by atoms with E-state index < -0.39 is 0 Å². The van der Waals surface area contributed by atoms with Gasteiger partial charge >= 0.3 is 0 Å². The van der Waals surface area contributed by atoms with E-state index in [-0.39, 0.29) is 6.10 Å². The van der Waals surface area contributed by atoms with Crippen molar-refractivity contribution in [2.45, 2.75) is 32.4 Å². The van der Waals surface area contributed by atoms with Crippen LogP contribution in [0.3, 0.4) is 0 Å². The van der Waals surface area contributed by atoms with E-state index in [1.165, 1.54) is 23.5 Å². The Bertz CT molecular complexity index is 386. The van der Waals surface area contributed by atoms with Crippen molar-refractivity contribution in [2.24, 2.45) is 5.73 Å². The second-order valence-corrected chi connectivity index (χ2v) is 6.71. The van der Waals surface area contributed by atoms with Gasteiger partial charge in [0.25, 0.3) is 0 Å². The van der Waals surface area contributed by atoms with Crippen LogP contribution in [0.15, 0.2) is 24.3 Å². The van der Waals surface area contributed by atoms with Crippen LogP contribution in [0.2, 0.25) is 0 Å². The van der Waals surface area contributed by atoms with Gasteiger partial charge in [-0.1, -0.05) is 12.1 Å². The van der Waals surface area contributed by atoms with Crippen LogP contribution < -0.4 is 10.5 Å². The fraction of sp³-hybridized carbons (Fsp3) is 0.625. The smallest absolute Gasteiger partial charge is 0.119 e.